The molecule has 0 N–H and O–H groups in total. The van der Waals surface area contributed by atoms with Crippen molar-refractivity contribution >= 4 is 15.9 Å². The molecule has 1 atom stereocenters. The third-order valence-corrected chi connectivity index (χ3v) is 3.25. The van der Waals surface area contributed by atoms with E-state index in [9.17, 15) is 4.39 Å². The Kier molecular flexibility index (Phi) is 3.47. The predicted molar refractivity (Wildman–Crippen MR) is 54.6 cm³/mol. The molecule has 0 aliphatic heterocycles. The maximum atomic E-state index is 13.1. The lowest BCUT2D eigenvalue weighted by molar-refractivity contribution is 0.275. The Morgan fingerprint density at radius 3 is 2.54 bits per heavy atom. The van der Waals surface area contributed by atoms with Gasteiger partial charge in [-0.15, -0.1) is 0 Å². The van der Waals surface area contributed by atoms with Crippen molar-refractivity contribution in [2.75, 3.05) is 0 Å². The van der Waals surface area contributed by atoms with Crippen molar-refractivity contribution in [2.24, 2.45) is 0 Å². The van der Waals surface area contributed by atoms with Crippen LogP contribution in [0.3, 0.4) is 0 Å². The second-order valence-corrected chi connectivity index (χ2v) is 3.97. The Hall–Kier alpha value is -0.380. The number of aromatic nitrogens is 2. The highest BCUT2D eigenvalue weighted by Gasteiger charge is 2.11. The number of alkyl halides is 1. The molecule has 0 bridgehead atoms. The van der Waals surface area contributed by atoms with Gasteiger partial charge in [0, 0.05) is 5.69 Å². The van der Waals surface area contributed by atoms with Crippen molar-refractivity contribution in [3.8, 4) is 0 Å². The highest BCUT2D eigenvalue weighted by molar-refractivity contribution is 9.10. The van der Waals surface area contributed by atoms with Crippen LogP contribution in [0.1, 0.15) is 24.7 Å². The molecule has 4 heteroatoms. The Labute approximate surface area is 86.3 Å². The van der Waals surface area contributed by atoms with E-state index in [0.29, 0.717) is 13.0 Å². The van der Waals surface area contributed by atoms with E-state index in [-0.39, 0.29) is 0 Å². The molecule has 0 spiro atoms. The van der Waals surface area contributed by atoms with E-state index >= 15 is 0 Å². The molecule has 1 unspecified atom stereocenters. The fourth-order valence-electron chi connectivity index (χ4n) is 1.17. The van der Waals surface area contributed by atoms with Crippen LogP contribution in [0.25, 0.3) is 0 Å². The van der Waals surface area contributed by atoms with Gasteiger partial charge in [-0.1, -0.05) is 6.92 Å². The second-order valence-electron chi connectivity index (χ2n) is 3.17. The lowest BCUT2D eigenvalue weighted by Gasteiger charge is -2.06. The SMILES string of the molecule is CCC(F)Cn1nc(C)c(Br)c1C. The molecule has 0 aliphatic rings. The van der Waals surface area contributed by atoms with Crippen LogP contribution in [0.15, 0.2) is 4.47 Å². The average Bonchev–Trinajstić information content (AvgIpc) is 2.34. The summed E-state index contributed by atoms with van der Waals surface area (Å²) < 4.78 is 15.8. The molecule has 74 valence electrons. The summed E-state index contributed by atoms with van der Waals surface area (Å²) in [5.74, 6) is 0. The highest BCUT2D eigenvalue weighted by Crippen LogP contribution is 2.20. The summed E-state index contributed by atoms with van der Waals surface area (Å²) in [6.07, 6.45) is -0.263. The third kappa shape index (κ3) is 2.30. The molecular weight excluding hydrogens is 235 g/mol. The van der Waals surface area contributed by atoms with E-state index in [1.807, 2.05) is 20.8 Å². The van der Waals surface area contributed by atoms with E-state index in [2.05, 4.69) is 21.0 Å². The van der Waals surface area contributed by atoms with Gasteiger partial charge in [0.25, 0.3) is 0 Å². The standard InChI is InChI=1S/C9H14BrFN2/c1-4-8(11)5-13-7(3)9(10)6(2)12-13/h8H,4-5H2,1-3H3. The summed E-state index contributed by atoms with van der Waals surface area (Å²) in [5, 5.41) is 4.23. The molecule has 0 radical (unpaired) electrons. The maximum Gasteiger partial charge on any atom is 0.119 e. The van der Waals surface area contributed by atoms with E-state index in [4.69, 9.17) is 0 Å². The molecule has 2 nitrogen and oxygen atoms in total. The van der Waals surface area contributed by atoms with Gasteiger partial charge in [0.05, 0.1) is 16.7 Å². The molecule has 0 amide bonds. The quantitative estimate of drug-likeness (QED) is 0.805. The Balaban J connectivity index is 2.83. The van der Waals surface area contributed by atoms with Gasteiger partial charge in [-0.3, -0.25) is 4.68 Å². The maximum absolute atomic E-state index is 13.1. The molecule has 13 heavy (non-hydrogen) atoms. The van der Waals surface area contributed by atoms with Gasteiger partial charge in [-0.05, 0) is 36.2 Å². The van der Waals surface area contributed by atoms with Gasteiger partial charge in [0.15, 0.2) is 0 Å². The number of nitrogens with zero attached hydrogens (tertiary/aromatic N) is 2. The van der Waals surface area contributed by atoms with Gasteiger partial charge < -0.3 is 0 Å². The van der Waals surface area contributed by atoms with Crippen LogP contribution >= 0.6 is 15.9 Å². The first-order valence-electron chi connectivity index (χ1n) is 4.39. The van der Waals surface area contributed by atoms with Crippen molar-refractivity contribution in [1.82, 2.24) is 9.78 Å². The van der Waals surface area contributed by atoms with Crippen LogP contribution in [0.5, 0.6) is 0 Å². The normalized spacial score (nSPS) is 13.3. The van der Waals surface area contributed by atoms with Crippen molar-refractivity contribution < 1.29 is 4.39 Å². The van der Waals surface area contributed by atoms with Crippen LogP contribution in [-0.2, 0) is 6.54 Å². The molecule has 1 aromatic rings. The van der Waals surface area contributed by atoms with E-state index in [0.717, 1.165) is 15.9 Å². The first-order valence-corrected chi connectivity index (χ1v) is 5.19. The van der Waals surface area contributed by atoms with Crippen molar-refractivity contribution in [2.45, 2.75) is 39.9 Å². The minimum atomic E-state index is -0.801. The largest absolute Gasteiger partial charge is 0.266 e. The van der Waals surface area contributed by atoms with Crippen LogP contribution < -0.4 is 0 Å². The van der Waals surface area contributed by atoms with E-state index in [1.54, 1.807) is 4.68 Å². The minimum absolute atomic E-state index is 0.356. The first kappa shape index (κ1) is 10.7. The fourth-order valence-corrected chi connectivity index (χ4v) is 1.45. The molecule has 0 saturated carbocycles. The molecule has 0 fully saturated rings. The van der Waals surface area contributed by atoms with Crippen LogP contribution in [-0.4, -0.2) is 16.0 Å². The van der Waals surface area contributed by atoms with Crippen LogP contribution in [0.2, 0.25) is 0 Å². The summed E-state index contributed by atoms with van der Waals surface area (Å²) in [6, 6.07) is 0. The van der Waals surface area contributed by atoms with Gasteiger partial charge in [0.2, 0.25) is 0 Å². The summed E-state index contributed by atoms with van der Waals surface area (Å²) in [4.78, 5) is 0. The van der Waals surface area contributed by atoms with Crippen LogP contribution in [0.4, 0.5) is 4.39 Å². The summed E-state index contributed by atoms with van der Waals surface area (Å²) in [6.45, 7) is 6.04. The molecular formula is C9H14BrFN2. The first-order chi connectivity index (χ1) is 6.06. The van der Waals surface area contributed by atoms with E-state index < -0.39 is 6.17 Å². The van der Waals surface area contributed by atoms with Crippen molar-refractivity contribution in [3.05, 3.63) is 15.9 Å². The number of hydrogen-bond donors (Lipinski definition) is 0. The monoisotopic (exact) mass is 248 g/mol. The smallest absolute Gasteiger partial charge is 0.119 e. The zero-order valence-electron chi connectivity index (χ0n) is 8.14. The van der Waals surface area contributed by atoms with Gasteiger partial charge in [-0.2, -0.15) is 5.10 Å². The molecule has 0 aliphatic carbocycles. The number of aryl methyl sites for hydroxylation is 1. The summed E-state index contributed by atoms with van der Waals surface area (Å²) >= 11 is 3.41. The van der Waals surface area contributed by atoms with Crippen molar-refractivity contribution in [1.29, 1.82) is 0 Å². The Morgan fingerprint density at radius 2 is 2.15 bits per heavy atom. The fraction of sp³-hybridized carbons (Fsp3) is 0.667. The summed E-state index contributed by atoms with van der Waals surface area (Å²) in [7, 11) is 0. The zero-order chi connectivity index (χ0) is 10.0. The Bertz CT molecular complexity index is 296. The zero-order valence-corrected chi connectivity index (χ0v) is 9.73. The Morgan fingerprint density at radius 1 is 1.54 bits per heavy atom. The van der Waals surface area contributed by atoms with E-state index in [1.165, 1.54) is 0 Å². The number of hydrogen-bond acceptors (Lipinski definition) is 1. The van der Waals surface area contributed by atoms with Crippen LogP contribution in [0, 0.1) is 13.8 Å². The molecule has 1 aromatic heterocycles. The second kappa shape index (κ2) is 4.22. The van der Waals surface area contributed by atoms with Crippen molar-refractivity contribution in [3.63, 3.8) is 0 Å². The third-order valence-electron chi connectivity index (χ3n) is 2.11. The number of halogens is 2. The summed E-state index contributed by atoms with van der Waals surface area (Å²) in [5.41, 5.74) is 1.91. The highest BCUT2D eigenvalue weighted by atomic mass is 79.9. The lowest BCUT2D eigenvalue weighted by atomic mass is 10.3. The topological polar surface area (TPSA) is 17.8 Å². The van der Waals surface area contributed by atoms with Gasteiger partial charge in [0.1, 0.15) is 6.17 Å². The van der Waals surface area contributed by atoms with Gasteiger partial charge >= 0.3 is 0 Å². The average molecular weight is 249 g/mol. The molecule has 0 saturated heterocycles. The number of rotatable bonds is 3. The molecule has 0 aromatic carbocycles. The predicted octanol–water partition coefficient (Wildman–Crippen LogP) is 3.01. The lowest BCUT2D eigenvalue weighted by Crippen LogP contribution is -2.12. The van der Waals surface area contributed by atoms with Gasteiger partial charge in [-0.25, -0.2) is 4.39 Å². The molecule has 1 heterocycles. The molecule has 1 rings (SSSR count). The minimum Gasteiger partial charge on any atom is -0.266 e.